The van der Waals surface area contributed by atoms with Crippen molar-refractivity contribution in [2.75, 3.05) is 7.05 Å². The first-order valence-electron chi connectivity index (χ1n) is 6.21. The van der Waals surface area contributed by atoms with Gasteiger partial charge in [0.1, 0.15) is 5.82 Å². The Balaban J connectivity index is 2.20. The van der Waals surface area contributed by atoms with Crippen LogP contribution in [-0.4, -0.2) is 17.0 Å². The molecule has 0 unspecified atom stereocenters. The Kier molecular flexibility index (Phi) is 4.05. The van der Waals surface area contributed by atoms with Crippen molar-refractivity contribution in [2.45, 2.75) is 26.8 Å². The first-order chi connectivity index (χ1) is 8.67. The van der Waals surface area contributed by atoms with Gasteiger partial charge in [-0.2, -0.15) is 0 Å². The molecule has 0 spiro atoms. The fourth-order valence-corrected chi connectivity index (χ4v) is 1.94. The second-order valence-corrected chi connectivity index (χ2v) is 4.61. The number of rotatable bonds is 4. The van der Waals surface area contributed by atoms with Crippen LogP contribution in [0.3, 0.4) is 0 Å². The Bertz CT molecular complexity index is 518. The average molecular weight is 241 g/mol. The highest BCUT2D eigenvalue weighted by molar-refractivity contribution is 5.24. The van der Waals surface area contributed by atoms with Crippen LogP contribution in [0.25, 0.3) is 0 Å². The molecule has 0 aliphatic rings. The Hall–Kier alpha value is -1.74. The van der Waals surface area contributed by atoms with Crippen LogP contribution in [0.2, 0.25) is 0 Å². The van der Waals surface area contributed by atoms with Crippen molar-refractivity contribution in [2.24, 2.45) is 0 Å². The molecule has 3 nitrogen and oxygen atoms in total. The maximum absolute atomic E-state index is 4.57. The van der Waals surface area contributed by atoms with Gasteiger partial charge in [0, 0.05) is 18.7 Å². The minimum atomic E-state index is 0.782. The zero-order valence-corrected chi connectivity index (χ0v) is 11.2. The molecule has 0 fully saturated rings. The second kappa shape index (κ2) is 5.74. The van der Waals surface area contributed by atoms with E-state index in [9.17, 15) is 0 Å². The highest BCUT2D eigenvalue weighted by Gasteiger charge is 2.03. The van der Waals surface area contributed by atoms with Crippen LogP contribution in [-0.2, 0) is 13.0 Å². The lowest BCUT2D eigenvalue weighted by atomic mass is 10.1. The van der Waals surface area contributed by atoms with Crippen LogP contribution in [0.15, 0.2) is 30.3 Å². The maximum Gasteiger partial charge on any atom is 0.133 e. The largest absolute Gasteiger partial charge is 0.314 e. The van der Waals surface area contributed by atoms with Crippen LogP contribution in [0, 0.1) is 13.8 Å². The van der Waals surface area contributed by atoms with Crippen molar-refractivity contribution < 1.29 is 0 Å². The summed E-state index contributed by atoms with van der Waals surface area (Å²) in [6.07, 6.45) is 0.790. The molecule has 0 atom stereocenters. The van der Waals surface area contributed by atoms with E-state index in [-0.39, 0.29) is 0 Å². The molecule has 1 aromatic carbocycles. The summed E-state index contributed by atoms with van der Waals surface area (Å²) in [5.41, 5.74) is 4.60. The van der Waals surface area contributed by atoms with E-state index in [4.69, 9.17) is 0 Å². The highest BCUT2D eigenvalue weighted by atomic mass is 14.9. The van der Waals surface area contributed by atoms with Crippen molar-refractivity contribution in [1.82, 2.24) is 15.3 Å². The van der Waals surface area contributed by atoms with Crippen molar-refractivity contribution in [1.29, 1.82) is 0 Å². The summed E-state index contributed by atoms with van der Waals surface area (Å²) in [6.45, 7) is 4.89. The van der Waals surface area contributed by atoms with Crippen molar-refractivity contribution in [3.63, 3.8) is 0 Å². The van der Waals surface area contributed by atoms with E-state index >= 15 is 0 Å². The van der Waals surface area contributed by atoms with E-state index in [1.165, 1.54) is 11.1 Å². The number of aryl methyl sites for hydroxylation is 2. The van der Waals surface area contributed by atoms with E-state index in [0.29, 0.717) is 0 Å². The maximum atomic E-state index is 4.57. The van der Waals surface area contributed by atoms with E-state index in [0.717, 1.165) is 30.2 Å². The zero-order chi connectivity index (χ0) is 13.0. The Morgan fingerprint density at radius 1 is 1.06 bits per heavy atom. The smallest absolute Gasteiger partial charge is 0.133 e. The lowest BCUT2D eigenvalue weighted by Crippen LogP contribution is -2.10. The summed E-state index contributed by atoms with van der Waals surface area (Å²) in [7, 11) is 1.93. The summed E-state index contributed by atoms with van der Waals surface area (Å²) >= 11 is 0. The van der Waals surface area contributed by atoms with Crippen molar-refractivity contribution >= 4 is 0 Å². The second-order valence-electron chi connectivity index (χ2n) is 4.61. The summed E-state index contributed by atoms with van der Waals surface area (Å²) in [6, 6.07) is 10.5. The molecule has 94 valence electrons. The molecular weight excluding hydrogens is 222 g/mol. The summed E-state index contributed by atoms with van der Waals surface area (Å²) < 4.78 is 0. The SMILES string of the molecule is CNCc1cc(C)nc(Cc2ccc(C)cc2)n1. The Morgan fingerprint density at radius 3 is 2.44 bits per heavy atom. The van der Waals surface area contributed by atoms with Gasteiger partial charge in [-0.3, -0.25) is 0 Å². The molecule has 0 aliphatic carbocycles. The lowest BCUT2D eigenvalue weighted by Gasteiger charge is -2.06. The lowest BCUT2D eigenvalue weighted by molar-refractivity contribution is 0.767. The number of aromatic nitrogens is 2. The molecule has 0 bridgehead atoms. The van der Waals surface area contributed by atoms with Gasteiger partial charge in [0.25, 0.3) is 0 Å². The predicted molar refractivity (Wildman–Crippen MR) is 73.5 cm³/mol. The third kappa shape index (κ3) is 3.37. The first-order valence-corrected chi connectivity index (χ1v) is 6.21. The molecular formula is C15H19N3. The van der Waals surface area contributed by atoms with Gasteiger partial charge in [-0.1, -0.05) is 29.8 Å². The molecule has 1 heterocycles. The highest BCUT2D eigenvalue weighted by Crippen LogP contribution is 2.09. The first kappa shape index (κ1) is 12.7. The minimum absolute atomic E-state index is 0.782. The van der Waals surface area contributed by atoms with Gasteiger partial charge in [0.15, 0.2) is 0 Å². The fourth-order valence-electron chi connectivity index (χ4n) is 1.94. The van der Waals surface area contributed by atoms with E-state index < -0.39 is 0 Å². The molecule has 3 heteroatoms. The third-order valence-corrected chi connectivity index (χ3v) is 2.79. The molecule has 1 N–H and O–H groups in total. The molecule has 2 aromatic rings. The standard InChI is InChI=1S/C15H19N3/c1-11-4-6-13(7-5-11)9-15-17-12(2)8-14(18-15)10-16-3/h4-8,16H,9-10H2,1-3H3. The summed E-state index contributed by atoms with van der Waals surface area (Å²) in [5, 5.41) is 3.12. The monoisotopic (exact) mass is 241 g/mol. The molecule has 0 saturated heterocycles. The number of hydrogen-bond donors (Lipinski definition) is 1. The third-order valence-electron chi connectivity index (χ3n) is 2.79. The number of benzene rings is 1. The molecule has 1 aromatic heterocycles. The summed E-state index contributed by atoms with van der Waals surface area (Å²) in [5.74, 6) is 0.893. The van der Waals surface area contributed by atoms with Crippen LogP contribution in [0.1, 0.15) is 28.3 Å². The van der Waals surface area contributed by atoms with Gasteiger partial charge < -0.3 is 5.32 Å². The van der Waals surface area contributed by atoms with Crippen molar-refractivity contribution in [3.05, 3.63) is 58.7 Å². The van der Waals surface area contributed by atoms with Gasteiger partial charge >= 0.3 is 0 Å². The number of nitrogens with one attached hydrogen (secondary N) is 1. The molecule has 0 radical (unpaired) electrons. The predicted octanol–water partition coefficient (Wildman–Crippen LogP) is 2.40. The number of nitrogens with zero attached hydrogens (tertiary/aromatic N) is 2. The van der Waals surface area contributed by atoms with Gasteiger partial charge in [-0.05, 0) is 32.5 Å². The van der Waals surface area contributed by atoms with Crippen LogP contribution < -0.4 is 5.32 Å². The van der Waals surface area contributed by atoms with E-state index in [1.807, 2.05) is 20.0 Å². The van der Waals surface area contributed by atoms with Crippen LogP contribution >= 0.6 is 0 Å². The molecule has 0 saturated carbocycles. The quantitative estimate of drug-likeness (QED) is 0.893. The Labute approximate surface area is 108 Å². The zero-order valence-electron chi connectivity index (χ0n) is 11.2. The van der Waals surface area contributed by atoms with Gasteiger partial charge in [-0.15, -0.1) is 0 Å². The molecule has 0 aliphatic heterocycles. The van der Waals surface area contributed by atoms with E-state index in [1.54, 1.807) is 0 Å². The summed E-state index contributed by atoms with van der Waals surface area (Å²) in [4.78, 5) is 9.06. The van der Waals surface area contributed by atoms with Gasteiger partial charge in [0.05, 0.1) is 5.69 Å². The van der Waals surface area contributed by atoms with Gasteiger partial charge in [-0.25, -0.2) is 9.97 Å². The average Bonchev–Trinajstić information content (AvgIpc) is 2.32. The normalized spacial score (nSPS) is 10.6. The van der Waals surface area contributed by atoms with Crippen LogP contribution in [0.4, 0.5) is 0 Å². The Morgan fingerprint density at radius 2 is 1.78 bits per heavy atom. The van der Waals surface area contributed by atoms with Gasteiger partial charge in [0.2, 0.25) is 0 Å². The van der Waals surface area contributed by atoms with E-state index in [2.05, 4.69) is 46.5 Å². The molecule has 0 amide bonds. The van der Waals surface area contributed by atoms with Crippen LogP contribution in [0.5, 0.6) is 0 Å². The molecule has 18 heavy (non-hydrogen) atoms. The van der Waals surface area contributed by atoms with Crippen molar-refractivity contribution in [3.8, 4) is 0 Å². The minimum Gasteiger partial charge on any atom is -0.314 e. The fraction of sp³-hybridized carbons (Fsp3) is 0.333. The number of hydrogen-bond acceptors (Lipinski definition) is 3. The topological polar surface area (TPSA) is 37.8 Å². The molecule has 2 rings (SSSR count).